The van der Waals surface area contributed by atoms with Gasteiger partial charge in [-0.1, -0.05) is 19.1 Å². The highest BCUT2D eigenvalue weighted by Gasteiger charge is 2.20. The molecule has 0 bridgehead atoms. The Morgan fingerprint density at radius 3 is 2.48 bits per heavy atom. The lowest BCUT2D eigenvalue weighted by Gasteiger charge is -2.33. The number of hydrogen-bond donors (Lipinski definition) is 2. The van der Waals surface area contributed by atoms with Crippen molar-refractivity contribution in [2.45, 2.75) is 32.4 Å². The van der Waals surface area contributed by atoms with Crippen LogP contribution in [-0.4, -0.2) is 81.3 Å². The number of nitrogens with one attached hydrogen (secondary N) is 2. The molecule has 2 N–H and O–H groups in total. The van der Waals surface area contributed by atoms with Gasteiger partial charge in [0.15, 0.2) is 5.96 Å². The maximum Gasteiger partial charge on any atom is 0.191 e. The van der Waals surface area contributed by atoms with E-state index in [1.54, 1.807) is 12.1 Å². The molecule has 2 aliphatic heterocycles. The van der Waals surface area contributed by atoms with Crippen LogP contribution in [0.3, 0.4) is 0 Å². The molecule has 1 atom stereocenters. The van der Waals surface area contributed by atoms with Gasteiger partial charge in [-0.05, 0) is 36.5 Å². The Bertz CT molecular complexity index is 625. The van der Waals surface area contributed by atoms with E-state index in [1.165, 1.54) is 5.56 Å². The highest BCUT2D eigenvalue weighted by molar-refractivity contribution is 5.79. The molecule has 1 aromatic rings. The van der Waals surface area contributed by atoms with Crippen molar-refractivity contribution in [2.24, 2.45) is 10.9 Å². The van der Waals surface area contributed by atoms with E-state index < -0.39 is 0 Å². The van der Waals surface area contributed by atoms with Crippen molar-refractivity contribution >= 4 is 5.96 Å². The van der Waals surface area contributed by atoms with Crippen LogP contribution in [0.5, 0.6) is 0 Å². The number of halogens is 1. The summed E-state index contributed by atoms with van der Waals surface area (Å²) in [5.41, 5.74) is 1.17. The number of aliphatic imine (C=N–C) groups is 1. The van der Waals surface area contributed by atoms with E-state index in [0.717, 1.165) is 77.8 Å². The molecular weight excluding hydrogens is 369 g/mol. The summed E-state index contributed by atoms with van der Waals surface area (Å²) in [6, 6.07) is 7.28. The fourth-order valence-corrected chi connectivity index (χ4v) is 4.03. The van der Waals surface area contributed by atoms with Gasteiger partial charge < -0.3 is 15.4 Å². The van der Waals surface area contributed by atoms with Crippen molar-refractivity contribution in [3.8, 4) is 0 Å². The van der Waals surface area contributed by atoms with Gasteiger partial charge in [0.25, 0.3) is 0 Å². The predicted octanol–water partition coefficient (Wildman–Crippen LogP) is 1.92. The second-order valence-electron chi connectivity index (χ2n) is 8.29. The third kappa shape index (κ3) is 7.57. The molecule has 0 saturated carbocycles. The second-order valence-corrected chi connectivity index (χ2v) is 8.29. The number of morpholine rings is 1. The van der Waals surface area contributed by atoms with Crippen molar-refractivity contribution in [3.05, 3.63) is 35.6 Å². The van der Waals surface area contributed by atoms with Crippen LogP contribution < -0.4 is 10.6 Å². The van der Waals surface area contributed by atoms with Crippen LogP contribution in [0.4, 0.5) is 4.39 Å². The maximum absolute atomic E-state index is 13.1. The predicted molar refractivity (Wildman–Crippen MR) is 116 cm³/mol. The Morgan fingerprint density at radius 1 is 1.14 bits per heavy atom. The molecule has 0 amide bonds. The first kappa shape index (κ1) is 22.0. The fraction of sp³-hybridized carbons (Fsp3) is 0.682. The first-order chi connectivity index (χ1) is 14.1. The van der Waals surface area contributed by atoms with E-state index in [1.807, 2.05) is 19.2 Å². The number of nitrogens with zero attached hydrogens (tertiary/aromatic N) is 3. The monoisotopic (exact) mass is 405 g/mol. The largest absolute Gasteiger partial charge is 0.379 e. The number of guanidine groups is 1. The molecule has 2 fully saturated rings. The topological polar surface area (TPSA) is 52.1 Å². The van der Waals surface area contributed by atoms with Crippen LogP contribution in [0, 0.1) is 11.7 Å². The van der Waals surface area contributed by atoms with Gasteiger partial charge in [0.2, 0.25) is 0 Å². The van der Waals surface area contributed by atoms with Crippen molar-refractivity contribution in [2.75, 3.05) is 59.5 Å². The van der Waals surface area contributed by atoms with Gasteiger partial charge in [0.05, 0.1) is 13.2 Å². The van der Waals surface area contributed by atoms with E-state index in [-0.39, 0.29) is 5.82 Å². The lowest BCUT2D eigenvalue weighted by Crippen LogP contribution is -2.49. The molecule has 2 heterocycles. The molecule has 0 aliphatic carbocycles. The Kier molecular flexibility index (Phi) is 8.70. The first-order valence-electron chi connectivity index (χ1n) is 10.9. The molecular formula is C22H36FN5O. The lowest BCUT2D eigenvalue weighted by molar-refractivity contribution is 0.0320. The minimum atomic E-state index is -0.171. The average molecular weight is 406 g/mol. The van der Waals surface area contributed by atoms with E-state index in [0.29, 0.717) is 12.0 Å². The highest BCUT2D eigenvalue weighted by Crippen LogP contribution is 2.14. The summed E-state index contributed by atoms with van der Waals surface area (Å²) in [6.07, 6.45) is 2.18. The number of likely N-dealkylation sites (tertiary alicyclic amines) is 1. The van der Waals surface area contributed by atoms with E-state index in [2.05, 4.69) is 32.3 Å². The molecule has 1 unspecified atom stereocenters. The number of hydrogen-bond acceptors (Lipinski definition) is 4. The normalized spacial score (nSPS) is 21.1. The molecule has 7 heteroatoms. The minimum Gasteiger partial charge on any atom is -0.379 e. The molecule has 162 valence electrons. The van der Waals surface area contributed by atoms with Crippen molar-refractivity contribution in [3.63, 3.8) is 0 Å². The van der Waals surface area contributed by atoms with Gasteiger partial charge in [0.1, 0.15) is 5.82 Å². The zero-order valence-corrected chi connectivity index (χ0v) is 17.9. The van der Waals surface area contributed by atoms with Gasteiger partial charge in [-0.25, -0.2) is 4.39 Å². The molecule has 2 aliphatic rings. The quantitative estimate of drug-likeness (QED) is 0.536. The fourth-order valence-electron chi connectivity index (χ4n) is 4.03. The number of piperidine rings is 1. The third-order valence-corrected chi connectivity index (χ3v) is 5.76. The summed E-state index contributed by atoms with van der Waals surface area (Å²) in [4.78, 5) is 9.32. The summed E-state index contributed by atoms with van der Waals surface area (Å²) >= 11 is 0. The van der Waals surface area contributed by atoms with Crippen LogP contribution in [0.25, 0.3) is 0 Å². The van der Waals surface area contributed by atoms with Gasteiger partial charge >= 0.3 is 0 Å². The standard InChI is InChI=1S/C22H36FN5O/c1-18(16-28-11-13-29-14-12-28)15-25-22(24-2)26-21-7-9-27(10-8-21)17-19-3-5-20(23)6-4-19/h3-6,18,21H,7-17H2,1-2H3,(H2,24,25,26). The summed E-state index contributed by atoms with van der Waals surface area (Å²) in [5.74, 6) is 1.29. The van der Waals surface area contributed by atoms with E-state index >= 15 is 0 Å². The lowest BCUT2D eigenvalue weighted by atomic mass is 10.0. The zero-order chi connectivity index (χ0) is 20.5. The second kappa shape index (κ2) is 11.5. The average Bonchev–Trinajstić information content (AvgIpc) is 2.74. The van der Waals surface area contributed by atoms with E-state index in [4.69, 9.17) is 4.74 Å². The highest BCUT2D eigenvalue weighted by atomic mass is 19.1. The SMILES string of the molecule is CN=C(NCC(C)CN1CCOCC1)NC1CCN(Cc2ccc(F)cc2)CC1. The molecule has 29 heavy (non-hydrogen) atoms. The van der Waals surface area contributed by atoms with Crippen LogP contribution in [-0.2, 0) is 11.3 Å². The minimum absolute atomic E-state index is 0.171. The molecule has 0 spiro atoms. The Balaban J connectivity index is 1.34. The molecule has 0 radical (unpaired) electrons. The summed E-state index contributed by atoms with van der Waals surface area (Å²) in [7, 11) is 1.84. The maximum atomic E-state index is 13.1. The molecule has 1 aromatic carbocycles. The Hall–Kier alpha value is -1.70. The third-order valence-electron chi connectivity index (χ3n) is 5.76. The summed E-state index contributed by atoms with van der Waals surface area (Å²) in [6.45, 7) is 11.0. The molecule has 2 saturated heterocycles. The summed E-state index contributed by atoms with van der Waals surface area (Å²) in [5, 5.41) is 7.08. The van der Waals surface area contributed by atoms with E-state index in [9.17, 15) is 4.39 Å². The van der Waals surface area contributed by atoms with Crippen molar-refractivity contribution in [1.82, 2.24) is 20.4 Å². The van der Waals surface area contributed by atoms with Crippen LogP contribution in [0.1, 0.15) is 25.3 Å². The smallest absolute Gasteiger partial charge is 0.191 e. The van der Waals surface area contributed by atoms with Gasteiger partial charge in [-0.2, -0.15) is 0 Å². The van der Waals surface area contributed by atoms with Crippen LogP contribution in [0.2, 0.25) is 0 Å². The number of benzene rings is 1. The van der Waals surface area contributed by atoms with Crippen molar-refractivity contribution < 1.29 is 9.13 Å². The number of rotatable bonds is 7. The van der Waals surface area contributed by atoms with Crippen molar-refractivity contribution in [1.29, 1.82) is 0 Å². The first-order valence-corrected chi connectivity index (χ1v) is 10.9. The molecule has 3 rings (SSSR count). The van der Waals surface area contributed by atoms with Gasteiger partial charge in [0, 0.05) is 58.9 Å². The van der Waals surface area contributed by atoms with Crippen LogP contribution >= 0.6 is 0 Å². The zero-order valence-electron chi connectivity index (χ0n) is 17.9. The Morgan fingerprint density at radius 2 is 1.83 bits per heavy atom. The van der Waals surface area contributed by atoms with Gasteiger partial charge in [-0.3, -0.25) is 14.8 Å². The van der Waals surface area contributed by atoms with Gasteiger partial charge in [-0.15, -0.1) is 0 Å². The molecule has 6 nitrogen and oxygen atoms in total. The van der Waals surface area contributed by atoms with Crippen LogP contribution in [0.15, 0.2) is 29.3 Å². The number of ether oxygens (including phenoxy) is 1. The summed E-state index contributed by atoms with van der Waals surface area (Å²) < 4.78 is 18.5. The molecule has 0 aromatic heterocycles. The Labute approximate surface area is 174 Å².